The molecule has 0 radical (unpaired) electrons. The first kappa shape index (κ1) is 9.07. The maximum Gasteiger partial charge on any atom is 0.0388 e. The fraction of sp³-hybridized carbons (Fsp3) is 0.400. The summed E-state index contributed by atoms with van der Waals surface area (Å²) < 4.78 is 0. The molecule has 1 atom stereocenters. The number of rotatable bonds is 3. The van der Waals surface area contributed by atoms with Crippen LogP contribution in [0.5, 0.6) is 0 Å². The molecule has 0 amide bonds. The predicted molar refractivity (Wildman–Crippen MR) is 53.2 cm³/mol. The van der Waals surface area contributed by atoms with E-state index in [2.05, 4.69) is 24.4 Å². The van der Waals surface area contributed by atoms with Gasteiger partial charge in [0.1, 0.15) is 0 Å². The number of para-hydroxylation sites is 1. The minimum absolute atomic E-state index is 0.0975. The van der Waals surface area contributed by atoms with Crippen molar-refractivity contribution < 1.29 is 0 Å². The van der Waals surface area contributed by atoms with Crippen molar-refractivity contribution >= 4 is 5.69 Å². The van der Waals surface area contributed by atoms with Gasteiger partial charge in [-0.1, -0.05) is 18.2 Å². The van der Waals surface area contributed by atoms with Gasteiger partial charge in [0.25, 0.3) is 0 Å². The number of anilines is 1. The summed E-state index contributed by atoms with van der Waals surface area (Å²) in [6, 6.07) is 8.24. The van der Waals surface area contributed by atoms with Crippen LogP contribution in [0, 0.1) is 0 Å². The lowest BCUT2D eigenvalue weighted by Gasteiger charge is -2.12. The smallest absolute Gasteiger partial charge is 0.0388 e. The van der Waals surface area contributed by atoms with Gasteiger partial charge < -0.3 is 11.1 Å². The maximum atomic E-state index is 5.80. The van der Waals surface area contributed by atoms with Gasteiger partial charge in [-0.05, 0) is 25.5 Å². The summed E-state index contributed by atoms with van der Waals surface area (Å²) in [6.07, 6.45) is 0. The predicted octanol–water partition coefficient (Wildman–Crippen LogP) is 2.14. The second-order valence-electron chi connectivity index (χ2n) is 2.91. The number of hydrogen-bond acceptors (Lipinski definition) is 2. The third kappa shape index (κ3) is 1.98. The van der Waals surface area contributed by atoms with Crippen LogP contribution in [-0.4, -0.2) is 6.54 Å². The highest BCUT2D eigenvalue weighted by Gasteiger charge is 2.03. The standard InChI is InChI=1S/C10H16N2/c1-3-12-10-7-5-4-6-9(10)8(2)11/h4-8,12H,3,11H2,1-2H3. The van der Waals surface area contributed by atoms with Crippen LogP contribution in [-0.2, 0) is 0 Å². The summed E-state index contributed by atoms with van der Waals surface area (Å²) in [4.78, 5) is 0. The molecule has 2 nitrogen and oxygen atoms in total. The summed E-state index contributed by atoms with van der Waals surface area (Å²) in [5.41, 5.74) is 8.13. The largest absolute Gasteiger partial charge is 0.385 e. The van der Waals surface area contributed by atoms with Gasteiger partial charge in [0.15, 0.2) is 0 Å². The van der Waals surface area contributed by atoms with Gasteiger partial charge in [-0.2, -0.15) is 0 Å². The van der Waals surface area contributed by atoms with Gasteiger partial charge in [-0.15, -0.1) is 0 Å². The number of hydrogen-bond donors (Lipinski definition) is 2. The Morgan fingerprint density at radius 3 is 2.67 bits per heavy atom. The van der Waals surface area contributed by atoms with Gasteiger partial charge in [0.05, 0.1) is 0 Å². The molecule has 1 aromatic rings. The molecule has 0 aliphatic rings. The molecule has 2 heteroatoms. The Morgan fingerprint density at radius 1 is 1.42 bits per heavy atom. The Labute approximate surface area is 73.8 Å². The zero-order valence-corrected chi connectivity index (χ0v) is 7.67. The highest BCUT2D eigenvalue weighted by molar-refractivity contribution is 5.52. The van der Waals surface area contributed by atoms with Crippen LogP contribution >= 0.6 is 0 Å². The fourth-order valence-electron chi connectivity index (χ4n) is 1.25. The topological polar surface area (TPSA) is 38.0 Å². The van der Waals surface area contributed by atoms with Crippen LogP contribution < -0.4 is 11.1 Å². The Balaban J connectivity index is 2.92. The molecule has 3 N–H and O–H groups in total. The summed E-state index contributed by atoms with van der Waals surface area (Å²) >= 11 is 0. The molecule has 0 heterocycles. The molecule has 0 saturated heterocycles. The van der Waals surface area contributed by atoms with Crippen LogP contribution in [0.2, 0.25) is 0 Å². The second-order valence-corrected chi connectivity index (χ2v) is 2.91. The molecule has 0 aliphatic heterocycles. The van der Waals surface area contributed by atoms with E-state index >= 15 is 0 Å². The average molecular weight is 164 g/mol. The van der Waals surface area contributed by atoms with Crippen LogP contribution in [0.4, 0.5) is 5.69 Å². The van der Waals surface area contributed by atoms with E-state index in [1.54, 1.807) is 0 Å². The zero-order chi connectivity index (χ0) is 8.97. The Kier molecular flexibility index (Phi) is 3.11. The van der Waals surface area contributed by atoms with Crippen molar-refractivity contribution in [1.82, 2.24) is 0 Å². The molecule has 1 unspecified atom stereocenters. The van der Waals surface area contributed by atoms with Gasteiger partial charge in [-0.3, -0.25) is 0 Å². The van der Waals surface area contributed by atoms with E-state index in [9.17, 15) is 0 Å². The molecule has 0 fully saturated rings. The quantitative estimate of drug-likeness (QED) is 0.718. The highest BCUT2D eigenvalue weighted by Crippen LogP contribution is 2.19. The van der Waals surface area contributed by atoms with Crippen molar-refractivity contribution in [3.63, 3.8) is 0 Å². The zero-order valence-electron chi connectivity index (χ0n) is 7.67. The van der Waals surface area contributed by atoms with Crippen molar-refractivity contribution in [3.05, 3.63) is 29.8 Å². The van der Waals surface area contributed by atoms with Gasteiger partial charge in [0.2, 0.25) is 0 Å². The summed E-state index contributed by atoms with van der Waals surface area (Å²) in [5, 5.41) is 3.28. The monoisotopic (exact) mass is 164 g/mol. The summed E-state index contributed by atoms with van der Waals surface area (Å²) in [7, 11) is 0. The molecular weight excluding hydrogens is 148 g/mol. The lowest BCUT2D eigenvalue weighted by atomic mass is 10.1. The molecule has 12 heavy (non-hydrogen) atoms. The molecule has 0 aliphatic carbocycles. The minimum Gasteiger partial charge on any atom is -0.385 e. The van der Waals surface area contributed by atoms with Crippen molar-refractivity contribution in [2.24, 2.45) is 5.73 Å². The molecule has 66 valence electrons. The Morgan fingerprint density at radius 2 is 2.08 bits per heavy atom. The lowest BCUT2D eigenvalue weighted by molar-refractivity contribution is 0.819. The molecule has 0 bridgehead atoms. The van der Waals surface area contributed by atoms with E-state index in [1.807, 2.05) is 19.1 Å². The van der Waals surface area contributed by atoms with E-state index in [4.69, 9.17) is 5.73 Å². The maximum absolute atomic E-state index is 5.80. The van der Waals surface area contributed by atoms with Crippen molar-refractivity contribution in [2.75, 3.05) is 11.9 Å². The summed E-state index contributed by atoms with van der Waals surface area (Å²) in [6.45, 7) is 5.01. The van der Waals surface area contributed by atoms with Crippen molar-refractivity contribution in [1.29, 1.82) is 0 Å². The van der Waals surface area contributed by atoms with E-state index in [0.29, 0.717) is 0 Å². The van der Waals surface area contributed by atoms with E-state index in [1.165, 1.54) is 5.56 Å². The van der Waals surface area contributed by atoms with Crippen LogP contribution in [0.15, 0.2) is 24.3 Å². The first-order valence-corrected chi connectivity index (χ1v) is 4.34. The van der Waals surface area contributed by atoms with Crippen molar-refractivity contribution in [2.45, 2.75) is 19.9 Å². The molecular formula is C10H16N2. The number of nitrogens with one attached hydrogen (secondary N) is 1. The average Bonchev–Trinajstić information content (AvgIpc) is 2.05. The third-order valence-corrected chi connectivity index (χ3v) is 1.82. The molecule has 0 saturated carbocycles. The minimum atomic E-state index is 0.0975. The lowest BCUT2D eigenvalue weighted by Crippen LogP contribution is -2.09. The van der Waals surface area contributed by atoms with E-state index < -0.39 is 0 Å². The third-order valence-electron chi connectivity index (χ3n) is 1.82. The number of benzene rings is 1. The van der Waals surface area contributed by atoms with Crippen LogP contribution in [0.25, 0.3) is 0 Å². The molecule has 1 rings (SSSR count). The highest BCUT2D eigenvalue weighted by atomic mass is 14.9. The SMILES string of the molecule is CCNc1ccccc1C(C)N. The summed E-state index contributed by atoms with van der Waals surface area (Å²) in [5.74, 6) is 0. The first-order valence-electron chi connectivity index (χ1n) is 4.34. The van der Waals surface area contributed by atoms with E-state index in [-0.39, 0.29) is 6.04 Å². The van der Waals surface area contributed by atoms with Gasteiger partial charge in [-0.25, -0.2) is 0 Å². The van der Waals surface area contributed by atoms with Crippen molar-refractivity contribution in [3.8, 4) is 0 Å². The molecule has 1 aromatic carbocycles. The van der Waals surface area contributed by atoms with Gasteiger partial charge >= 0.3 is 0 Å². The second kappa shape index (κ2) is 4.12. The van der Waals surface area contributed by atoms with E-state index in [0.717, 1.165) is 12.2 Å². The number of nitrogens with two attached hydrogens (primary N) is 1. The normalized spacial score (nSPS) is 12.6. The van der Waals surface area contributed by atoms with Gasteiger partial charge in [0, 0.05) is 18.3 Å². The Bertz CT molecular complexity index is 243. The Hall–Kier alpha value is -1.02. The van der Waals surface area contributed by atoms with Crippen LogP contribution in [0.3, 0.4) is 0 Å². The molecule has 0 spiro atoms. The molecule has 0 aromatic heterocycles. The first-order chi connectivity index (χ1) is 5.75. The fourth-order valence-corrected chi connectivity index (χ4v) is 1.25. The van der Waals surface area contributed by atoms with Crippen LogP contribution in [0.1, 0.15) is 25.5 Å².